The van der Waals surface area contributed by atoms with Crippen molar-refractivity contribution >= 4 is 15.9 Å². The number of ether oxygens (including phenoxy) is 2. The Morgan fingerprint density at radius 1 is 0.821 bits per heavy atom. The summed E-state index contributed by atoms with van der Waals surface area (Å²) < 4.78 is 42.4. The third-order valence-corrected chi connectivity index (χ3v) is 11.9. The maximum absolute atomic E-state index is 13.6. The van der Waals surface area contributed by atoms with Crippen LogP contribution in [-0.4, -0.2) is 67.3 Å². The van der Waals surface area contributed by atoms with Crippen LogP contribution in [-0.2, 0) is 43.9 Å². The lowest BCUT2D eigenvalue weighted by Gasteiger charge is -2.37. The molecule has 2 saturated heterocycles. The first-order valence-electron chi connectivity index (χ1n) is 19.1. The maximum atomic E-state index is 13.6. The third kappa shape index (κ3) is 10.2. The van der Waals surface area contributed by atoms with Crippen LogP contribution in [0.3, 0.4) is 0 Å². The molecular weight excluding hydrogens is 727 g/mol. The molecule has 0 saturated carbocycles. The fourth-order valence-corrected chi connectivity index (χ4v) is 8.51. The monoisotopic (exact) mass is 775 g/mol. The molecule has 56 heavy (non-hydrogen) atoms. The Balaban J connectivity index is 1.03. The van der Waals surface area contributed by atoms with E-state index >= 15 is 0 Å². The van der Waals surface area contributed by atoms with Gasteiger partial charge in [0.15, 0.2) is 6.29 Å². The molecule has 2 aliphatic heterocycles. The highest BCUT2D eigenvalue weighted by Gasteiger charge is 2.34. The van der Waals surface area contributed by atoms with Crippen LogP contribution in [0.2, 0.25) is 0 Å². The number of β-amino-alcohol motifs (C(OH)–C–C–N with tert-alkyl or cyclic N) is 1. The average molecular weight is 776 g/mol. The predicted molar refractivity (Wildman–Crippen MR) is 215 cm³/mol. The standard InChI is InChI=1S/C45H49N3O7S/c1-31-10-20-41(21-11-31)56(52,53)47-42(25-32-6-3-2-4-7-32)44(51)46-27-34-8-5-9-38(24-34)35-16-18-37(19-17-35)45-54-40(29-48-23-22-39(50)28-48)26-43(55-45)36-14-12-33(30-49)13-15-36/h2-21,24,39-40,42-43,45,47,49-50H,22-23,25-30H2,1H3,(H,46,51)/t39-,40+,42+,43-,45-/m0/s1. The first kappa shape index (κ1) is 39.5. The van der Waals surface area contributed by atoms with Crippen molar-refractivity contribution in [2.75, 3.05) is 19.6 Å². The highest BCUT2D eigenvalue weighted by molar-refractivity contribution is 7.89. The summed E-state index contributed by atoms with van der Waals surface area (Å²) >= 11 is 0. The van der Waals surface area contributed by atoms with Crippen molar-refractivity contribution in [3.8, 4) is 11.1 Å². The topological polar surface area (TPSA) is 137 Å². The number of hydrogen-bond donors (Lipinski definition) is 4. The molecule has 5 aromatic carbocycles. The van der Waals surface area contributed by atoms with Crippen LogP contribution in [0.5, 0.6) is 0 Å². The fourth-order valence-electron chi connectivity index (χ4n) is 7.32. The molecule has 4 N–H and O–H groups in total. The van der Waals surface area contributed by atoms with E-state index in [-0.39, 0.29) is 42.8 Å². The molecule has 292 valence electrons. The van der Waals surface area contributed by atoms with Gasteiger partial charge < -0.3 is 25.0 Å². The molecule has 0 bridgehead atoms. The van der Waals surface area contributed by atoms with Gasteiger partial charge in [-0.3, -0.25) is 9.69 Å². The summed E-state index contributed by atoms with van der Waals surface area (Å²) in [6, 6.07) is 38.7. The number of hydrogen-bond acceptors (Lipinski definition) is 8. The van der Waals surface area contributed by atoms with Gasteiger partial charge in [0.1, 0.15) is 6.04 Å². The zero-order valence-electron chi connectivity index (χ0n) is 31.5. The van der Waals surface area contributed by atoms with Crippen LogP contribution < -0.4 is 10.0 Å². The predicted octanol–water partition coefficient (Wildman–Crippen LogP) is 5.97. The molecule has 0 aromatic heterocycles. The van der Waals surface area contributed by atoms with Gasteiger partial charge in [-0.1, -0.05) is 115 Å². The van der Waals surface area contributed by atoms with Crippen LogP contribution in [0.4, 0.5) is 0 Å². The molecule has 5 aromatic rings. The van der Waals surface area contributed by atoms with Crippen molar-refractivity contribution in [2.45, 2.75) is 74.9 Å². The van der Waals surface area contributed by atoms with Gasteiger partial charge in [-0.2, -0.15) is 4.72 Å². The molecule has 1 amide bonds. The Kier molecular flexibility index (Phi) is 12.7. The molecule has 2 fully saturated rings. The summed E-state index contributed by atoms with van der Waals surface area (Å²) in [5.74, 6) is -0.423. The number of amides is 1. The summed E-state index contributed by atoms with van der Waals surface area (Å²) in [4.78, 5) is 16.0. The Labute approximate surface area is 329 Å². The normalized spacial score (nSPS) is 20.8. The molecule has 0 aliphatic carbocycles. The lowest BCUT2D eigenvalue weighted by Crippen LogP contribution is -2.47. The zero-order chi connectivity index (χ0) is 39.1. The van der Waals surface area contributed by atoms with Gasteiger partial charge in [0.25, 0.3) is 0 Å². The van der Waals surface area contributed by atoms with Gasteiger partial charge in [0.05, 0.1) is 29.8 Å². The van der Waals surface area contributed by atoms with Crippen molar-refractivity contribution in [3.05, 3.63) is 161 Å². The number of carbonyl (C=O) groups is 1. The van der Waals surface area contributed by atoms with Gasteiger partial charge in [0.2, 0.25) is 15.9 Å². The van der Waals surface area contributed by atoms with Gasteiger partial charge in [-0.25, -0.2) is 8.42 Å². The maximum Gasteiger partial charge on any atom is 0.241 e. The largest absolute Gasteiger partial charge is 0.392 e. The number of benzene rings is 5. The number of sulfonamides is 1. The van der Waals surface area contributed by atoms with E-state index in [1.165, 1.54) is 12.1 Å². The lowest BCUT2D eigenvalue weighted by molar-refractivity contribution is -0.252. The molecule has 7 rings (SSSR count). The Morgan fingerprint density at radius 3 is 2.23 bits per heavy atom. The number of rotatable bonds is 14. The minimum absolute atomic E-state index is 0.0184. The molecule has 0 spiro atoms. The van der Waals surface area contributed by atoms with Gasteiger partial charge in [-0.15, -0.1) is 0 Å². The number of aryl methyl sites for hydroxylation is 1. The molecule has 2 aliphatic rings. The van der Waals surface area contributed by atoms with E-state index in [0.29, 0.717) is 19.5 Å². The van der Waals surface area contributed by atoms with E-state index in [1.807, 2.05) is 110 Å². The van der Waals surface area contributed by atoms with Gasteiger partial charge >= 0.3 is 0 Å². The third-order valence-electron chi connectivity index (χ3n) is 10.5. The summed E-state index contributed by atoms with van der Waals surface area (Å²) in [7, 11) is -3.96. The second-order valence-corrected chi connectivity index (χ2v) is 16.5. The Morgan fingerprint density at radius 2 is 1.54 bits per heavy atom. The van der Waals surface area contributed by atoms with Crippen LogP contribution >= 0.6 is 0 Å². The minimum Gasteiger partial charge on any atom is -0.392 e. The van der Waals surface area contributed by atoms with E-state index in [2.05, 4.69) is 14.9 Å². The van der Waals surface area contributed by atoms with Crippen LogP contribution in [0.1, 0.15) is 58.6 Å². The number of aliphatic hydroxyl groups excluding tert-OH is 2. The molecule has 0 radical (unpaired) electrons. The molecule has 5 atom stereocenters. The smallest absolute Gasteiger partial charge is 0.241 e. The number of nitrogens with one attached hydrogen (secondary N) is 2. The average Bonchev–Trinajstić information content (AvgIpc) is 3.64. The summed E-state index contributed by atoms with van der Waals surface area (Å²) in [5, 5.41) is 22.6. The number of likely N-dealkylation sites (tertiary alicyclic amines) is 1. The Bertz CT molecular complexity index is 2160. The number of carbonyl (C=O) groups excluding carboxylic acids is 1. The second-order valence-electron chi connectivity index (χ2n) is 14.8. The Hall–Kier alpha value is -4.72. The number of aliphatic hydroxyl groups is 2. The minimum atomic E-state index is -3.96. The fraction of sp³-hybridized carbons (Fsp3) is 0.311. The van der Waals surface area contributed by atoms with Gasteiger partial charge in [0, 0.05) is 38.2 Å². The molecular formula is C45H49N3O7S. The number of nitrogens with zero attached hydrogens (tertiary/aromatic N) is 1. The van der Waals surface area contributed by atoms with Crippen molar-refractivity contribution in [3.63, 3.8) is 0 Å². The second kappa shape index (κ2) is 18.0. The first-order chi connectivity index (χ1) is 27.1. The quantitative estimate of drug-likeness (QED) is 0.108. The SMILES string of the molecule is Cc1ccc(S(=O)(=O)N[C@H](Cc2ccccc2)C(=O)NCc2cccc(-c3ccc([C@H]4O[C@@H](CN5CC[C@H](O)C5)C[C@@H](c5ccc(CO)cc5)O4)cc3)c2)cc1. The molecule has 10 nitrogen and oxygen atoms in total. The van der Waals surface area contributed by atoms with Crippen molar-refractivity contribution in [1.29, 1.82) is 0 Å². The van der Waals surface area contributed by atoms with E-state index in [9.17, 15) is 23.4 Å². The zero-order valence-corrected chi connectivity index (χ0v) is 32.3. The van der Waals surface area contributed by atoms with E-state index < -0.39 is 28.3 Å². The summed E-state index contributed by atoms with van der Waals surface area (Å²) in [6.07, 6.45) is 0.433. The van der Waals surface area contributed by atoms with E-state index in [4.69, 9.17) is 9.47 Å². The van der Waals surface area contributed by atoms with Crippen LogP contribution in [0.15, 0.2) is 132 Å². The van der Waals surface area contributed by atoms with Crippen molar-refractivity contribution in [2.24, 2.45) is 0 Å². The highest BCUT2D eigenvalue weighted by atomic mass is 32.2. The van der Waals surface area contributed by atoms with Crippen LogP contribution in [0, 0.1) is 6.92 Å². The lowest BCUT2D eigenvalue weighted by atomic mass is 9.99. The molecule has 11 heteroatoms. The summed E-state index contributed by atoms with van der Waals surface area (Å²) in [5.41, 5.74) is 7.33. The first-order valence-corrected chi connectivity index (χ1v) is 20.6. The summed E-state index contributed by atoms with van der Waals surface area (Å²) in [6.45, 7) is 4.25. The van der Waals surface area contributed by atoms with Crippen molar-refractivity contribution < 1.29 is 32.9 Å². The molecule has 2 heterocycles. The van der Waals surface area contributed by atoms with E-state index in [0.717, 1.165) is 57.5 Å². The van der Waals surface area contributed by atoms with Gasteiger partial charge in [-0.05, 0) is 71.3 Å². The van der Waals surface area contributed by atoms with E-state index in [1.54, 1.807) is 12.1 Å². The molecule has 0 unspecified atom stereocenters. The van der Waals surface area contributed by atoms with Crippen molar-refractivity contribution in [1.82, 2.24) is 14.9 Å². The highest BCUT2D eigenvalue weighted by Crippen LogP contribution is 2.39. The van der Waals surface area contributed by atoms with Crippen LogP contribution in [0.25, 0.3) is 11.1 Å².